The third kappa shape index (κ3) is 5.84. The van der Waals surface area contributed by atoms with Crippen LogP contribution in [0.25, 0.3) is 0 Å². The van der Waals surface area contributed by atoms with E-state index in [0.717, 1.165) is 6.54 Å². The minimum atomic E-state index is -0.111. The molecule has 5 nitrogen and oxygen atoms in total. The SMILES string of the molecule is CNCCNC(=O)c1ccc(NC(=O)CC(C)C)cc1. The zero-order valence-corrected chi connectivity index (χ0v) is 12.3. The molecule has 20 heavy (non-hydrogen) atoms. The van der Waals surface area contributed by atoms with Gasteiger partial charge in [-0.1, -0.05) is 13.8 Å². The lowest BCUT2D eigenvalue weighted by atomic mass is 10.1. The Bertz CT molecular complexity index is 441. The first kappa shape index (κ1) is 16.2. The number of carbonyl (C=O) groups is 2. The Morgan fingerprint density at radius 1 is 1.10 bits per heavy atom. The van der Waals surface area contributed by atoms with Gasteiger partial charge in [0.1, 0.15) is 0 Å². The van der Waals surface area contributed by atoms with E-state index in [4.69, 9.17) is 0 Å². The molecule has 1 aromatic carbocycles. The topological polar surface area (TPSA) is 70.2 Å². The second-order valence-corrected chi connectivity index (χ2v) is 5.08. The zero-order valence-electron chi connectivity index (χ0n) is 12.3. The molecule has 0 heterocycles. The summed E-state index contributed by atoms with van der Waals surface area (Å²) in [6.45, 7) is 5.31. The summed E-state index contributed by atoms with van der Waals surface area (Å²) in [5.74, 6) is 0.207. The number of amides is 2. The third-order valence-corrected chi connectivity index (χ3v) is 2.69. The summed E-state index contributed by atoms with van der Waals surface area (Å²) in [4.78, 5) is 23.4. The van der Waals surface area contributed by atoms with Crippen LogP contribution in [0.3, 0.4) is 0 Å². The van der Waals surface area contributed by atoms with Crippen LogP contribution in [0.5, 0.6) is 0 Å². The summed E-state index contributed by atoms with van der Waals surface area (Å²) < 4.78 is 0. The van der Waals surface area contributed by atoms with Crippen molar-refractivity contribution in [2.75, 3.05) is 25.5 Å². The summed E-state index contributed by atoms with van der Waals surface area (Å²) in [5, 5.41) is 8.57. The van der Waals surface area contributed by atoms with Crippen LogP contribution >= 0.6 is 0 Å². The fraction of sp³-hybridized carbons (Fsp3) is 0.467. The number of anilines is 1. The number of hydrogen-bond donors (Lipinski definition) is 3. The van der Waals surface area contributed by atoms with Gasteiger partial charge in [-0.2, -0.15) is 0 Å². The molecule has 5 heteroatoms. The Hall–Kier alpha value is -1.88. The highest BCUT2D eigenvalue weighted by atomic mass is 16.2. The molecule has 0 unspecified atom stereocenters. The Morgan fingerprint density at radius 3 is 2.30 bits per heavy atom. The van der Waals surface area contributed by atoms with Gasteiger partial charge in [-0.3, -0.25) is 9.59 Å². The Morgan fingerprint density at radius 2 is 1.75 bits per heavy atom. The largest absolute Gasteiger partial charge is 0.351 e. The molecule has 0 bridgehead atoms. The Balaban J connectivity index is 2.51. The Labute approximate surface area is 120 Å². The van der Waals surface area contributed by atoms with E-state index >= 15 is 0 Å². The normalized spacial score (nSPS) is 10.4. The molecule has 0 aliphatic rings. The molecule has 0 saturated carbocycles. The van der Waals surface area contributed by atoms with Gasteiger partial charge in [-0.05, 0) is 37.2 Å². The zero-order chi connectivity index (χ0) is 15.0. The summed E-state index contributed by atoms with van der Waals surface area (Å²) in [7, 11) is 1.83. The molecule has 0 aromatic heterocycles. The van der Waals surface area contributed by atoms with E-state index < -0.39 is 0 Å². The number of benzene rings is 1. The summed E-state index contributed by atoms with van der Waals surface area (Å²) in [6.07, 6.45) is 0.492. The molecule has 1 rings (SSSR count). The van der Waals surface area contributed by atoms with E-state index in [-0.39, 0.29) is 11.8 Å². The number of carbonyl (C=O) groups excluding carboxylic acids is 2. The lowest BCUT2D eigenvalue weighted by Crippen LogP contribution is -2.30. The Kier molecular flexibility index (Phi) is 6.73. The van der Waals surface area contributed by atoms with Crippen molar-refractivity contribution in [3.8, 4) is 0 Å². The molecule has 3 N–H and O–H groups in total. The molecule has 110 valence electrons. The van der Waals surface area contributed by atoms with Crippen LogP contribution in [0.2, 0.25) is 0 Å². The molecular weight excluding hydrogens is 254 g/mol. The van der Waals surface area contributed by atoms with Gasteiger partial charge in [-0.15, -0.1) is 0 Å². The maximum absolute atomic E-state index is 11.8. The highest BCUT2D eigenvalue weighted by Gasteiger charge is 2.07. The fourth-order valence-electron chi connectivity index (χ4n) is 1.69. The number of hydrogen-bond acceptors (Lipinski definition) is 3. The average molecular weight is 277 g/mol. The van der Waals surface area contributed by atoms with E-state index in [1.165, 1.54) is 0 Å². The van der Waals surface area contributed by atoms with E-state index in [9.17, 15) is 9.59 Å². The van der Waals surface area contributed by atoms with Gasteiger partial charge in [-0.25, -0.2) is 0 Å². The van der Waals surface area contributed by atoms with Crippen LogP contribution in [-0.4, -0.2) is 32.0 Å². The molecule has 0 saturated heterocycles. The molecule has 0 spiro atoms. The predicted octanol–water partition coefficient (Wildman–Crippen LogP) is 1.62. The third-order valence-electron chi connectivity index (χ3n) is 2.69. The van der Waals surface area contributed by atoms with Crippen molar-refractivity contribution in [3.05, 3.63) is 29.8 Å². The smallest absolute Gasteiger partial charge is 0.251 e. The highest BCUT2D eigenvalue weighted by Crippen LogP contribution is 2.11. The lowest BCUT2D eigenvalue weighted by molar-refractivity contribution is -0.116. The first-order valence-corrected chi connectivity index (χ1v) is 6.85. The van der Waals surface area contributed by atoms with Gasteiger partial charge < -0.3 is 16.0 Å². The van der Waals surface area contributed by atoms with Gasteiger partial charge in [0.2, 0.25) is 5.91 Å². The maximum Gasteiger partial charge on any atom is 0.251 e. The van der Waals surface area contributed by atoms with Gasteiger partial charge in [0.15, 0.2) is 0 Å². The second-order valence-electron chi connectivity index (χ2n) is 5.08. The summed E-state index contributed by atoms with van der Waals surface area (Å²) >= 11 is 0. The van der Waals surface area contributed by atoms with Crippen LogP contribution in [-0.2, 0) is 4.79 Å². The van der Waals surface area contributed by atoms with Crippen LogP contribution in [0.15, 0.2) is 24.3 Å². The van der Waals surface area contributed by atoms with Gasteiger partial charge >= 0.3 is 0 Å². The van der Waals surface area contributed by atoms with Crippen LogP contribution in [0, 0.1) is 5.92 Å². The molecule has 0 fully saturated rings. The van der Waals surface area contributed by atoms with Crippen LogP contribution < -0.4 is 16.0 Å². The van der Waals surface area contributed by atoms with Crippen molar-refractivity contribution in [2.45, 2.75) is 20.3 Å². The average Bonchev–Trinajstić information content (AvgIpc) is 2.38. The standard InChI is InChI=1S/C15H23N3O2/c1-11(2)10-14(19)18-13-6-4-12(5-7-13)15(20)17-9-8-16-3/h4-7,11,16H,8-10H2,1-3H3,(H,17,20)(H,18,19). The predicted molar refractivity (Wildman–Crippen MR) is 80.8 cm³/mol. The van der Waals surface area contributed by atoms with Crippen LogP contribution in [0.1, 0.15) is 30.6 Å². The molecular formula is C15H23N3O2. The van der Waals surface area contributed by atoms with E-state index in [1.54, 1.807) is 24.3 Å². The molecule has 0 radical (unpaired) electrons. The van der Waals surface area contributed by atoms with Gasteiger partial charge in [0, 0.05) is 30.8 Å². The van der Waals surface area contributed by atoms with Crippen molar-refractivity contribution < 1.29 is 9.59 Å². The molecule has 0 aliphatic heterocycles. The molecule has 1 aromatic rings. The van der Waals surface area contributed by atoms with Crippen LogP contribution in [0.4, 0.5) is 5.69 Å². The van der Waals surface area contributed by atoms with Crippen molar-refractivity contribution in [2.24, 2.45) is 5.92 Å². The van der Waals surface area contributed by atoms with Crippen molar-refractivity contribution in [1.29, 1.82) is 0 Å². The lowest BCUT2D eigenvalue weighted by Gasteiger charge is -2.08. The van der Waals surface area contributed by atoms with E-state index in [1.807, 2.05) is 20.9 Å². The minimum absolute atomic E-state index is 0.00813. The monoisotopic (exact) mass is 277 g/mol. The molecule has 0 atom stereocenters. The first-order valence-electron chi connectivity index (χ1n) is 6.85. The highest BCUT2D eigenvalue weighted by molar-refractivity contribution is 5.95. The summed E-state index contributed by atoms with van der Waals surface area (Å²) in [5.41, 5.74) is 1.30. The maximum atomic E-state index is 11.8. The summed E-state index contributed by atoms with van der Waals surface area (Å²) in [6, 6.07) is 6.90. The van der Waals surface area contributed by atoms with Crippen molar-refractivity contribution in [1.82, 2.24) is 10.6 Å². The first-order chi connectivity index (χ1) is 9.52. The fourth-order valence-corrected chi connectivity index (χ4v) is 1.69. The number of nitrogens with one attached hydrogen (secondary N) is 3. The number of likely N-dealkylation sites (N-methyl/N-ethyl adjacent to an activating group) is 1. The second kappa shape index (κ2) is 8.32. The minimum Gasteiger partial charge on any atom is -0.351 e. The molecule has 2 amide bonds. The van der Waals surface area contributed by atoms with E-state index in [0.29, 0.717) is 30.1 Å². The van der Waals surface area contributed by atoms with Crippen molar-refractivity contribution >= 4 is 17.5 Å². The molecule has 0 aliphatic carbocycles. The van der Waals surface area contributed by atoms with Gasteiger partial charge in [0.05, 0.1) is 0 Å². The van der Waals surface area contributed by atoms with E-state index in [2.05, 4.69) is 16.0 Å². The van der Waals surface area contributed by atoms with Gasteiger partial charge in [0.25, 0.3) is 5.91 Å². The van der Waals surface area contributed by atoms with Crippen molar-refractivity contribution in [3.63, 3.8) is 0 Å². The quantitative estimate of drug-likeness (QED) is 0.663. The number of rotatable bonds is 7.